The predicted octanol–water partition coefficient (Wildman–Crippen LogP) is 3.28. The van der Waals surface area contributed by atoms with Gasteiger partial charge in [-0.05, 0) is 24.3 Å². The van der Waals surface area contributed by atoms with E-state index in [1.165, 1.54) is 6.07 Å². The lowest BCUT2D eigenvalue weighted by Crippen LogP contribution is -2.08. The first-order valence-electron chi connectivity index (χ1n) is 5.61. The highest BCUT2D eigenvalue weighted by Crippen LogP contribution is 2.30. The molecule has 5 heteroatoms. The van der Waals surface area contributed by atoms with E-state index in [-0.39, 0.29) is 5.69 Å². The van der Waals surface area contributed by atoms with Gasteiger partial charge in [0, 0.05) is 37.9 Å². The van der Waals surface area contributed by atoms with Crippen LogP contribution < -0.4 is 10.2 Å². The molecule has 0 fully saturated rings. The van der Waals surface area contributed by atoms with E-state index < -0.39 is 6.43 Å². The average Bonchev–Trinajstić information content (AvgIpc) is 2.36. The van der Waals surface area contributed by atoms with Crippen LogP contribution in [-0.2, 0) is 0 Å². The smallest absolute Gasteiger partial charge is 0.280 e. The Hall–Kier alpha value is -1.91. The molecule has 3 nitrogen and oxygen atoms in total. The number of halogens is 2. The SMILES string of the molecule is CNc1cc(C(F)F)nc2ccc(N(C)C)cc12. The second-order valence-electron chi connectivity index (χ2n) is 4.24. The van der Waals surface area contributed by atoms with Crippen LogP contribution in [0.1, 0.15) is 12.1 Å². The standard InChI is InChI=1S/C13H15F2N3/c1-16-11-7-12(13(14)15)17-10-5-4-8(18(2)3)6-9(10)11/h4-7,13H,1-3H3,(H,16,17). The molecule has 0 radical (unpaired) electrons. The van der Waals surface area contributed by atoms with Crippen LogP contribution in [0.3, 0.4) is 0 Å². The van der Waals surface area contributed by atoms with Gasteiger partial charge in [-0.3, -0.25) is 0 Å². The highest BCUT2D eigenvalue weighted by Gasteiger charge is 2.13. The number of nitrogens with one attached hydrogen (secondary N) is 1. The van der Waals surface area contributed by atoms with Crippen LogP contribution in [0.5, 0.6) is 0 Å². The third kappa shape index (κ3) is 2.20. The quantitative estimate of drug-likeness (QED) is 0.907. The van der Waals surface area contributed by atoms with Gasteiger partial charge in [0.05, 0.1) is 5.52 Å². The fourth-order valence-corrected chi connectivity index (χ4v) is 1.83. The second-order valence-corrected chi connectivity index (χ2v) is 4.24. The van der Waals surface area contributed by atoms with Gasteiger partial charge in [0.2, 0.25) is 0 Å². The molecule has 1 heterocycles. The third-order valence-corrected chi connectivity index (χ3v) is 2.82. The number of alkyl halides is 2. The van der Waals surface area contributed by atoms with E-state index >= 15 is 0 Å². The van der Waals surface area contributed by atoms with Gasteiger partial charge in [0.25, 0.3) is 6.43 Å². The molecule has 0 aliphatic heterocycles. The highest BCUT2D eigenvalue weighted by atomic mass is 19.3. The van der Waals surface area contributed by atoms with E-state index in [0.29, 0.717) is 11.2 Å². The molecule has 0 saturated heterocycles. The lowest BCUT2D eigenvalue weighted by Gasteiger charge is -2.15. The number of anilines is 2. The molecule has 0 aliphatic carbocycles. The normalized spacial score (nSPS) is 11.0. The van der Waals surface area contributed by atoms with Crippen LogP contribution in [0, 0.1) is 0 Å². The van der Waals surface area contributed by atoms with Crippen LogP contribution in [0.2, 0.25) is 0 Å². The van der Waals surface area contributed by atoms with Gasteiger partial charge < -0.3 is 10.2 Å². The van der Waals surface area contributed by atoms with Gasteiger partial charge in [-0.15, -0.1) is 0 Å². The van der Waals surface area contributed by atoms with Gasteiger partial charge in [-0.2, -0.15) is 0 Å². The molecule has 18 heavy (non-hydrogen) atoms. The van der Waals surface area contributed by atoms with Gasteiger partial charge in [-0.1, -0.05) is 0 Å². The summed E-state index contributed by atoms with van der Waals surface area (Å²) < 4.78 is 25.4. The average molecular weight is 251 g/mol. The molecule has 2 aromatic rings. The summed E-state index contributed by atoms with van der Waals surface area (Å²) in [5.74, 6) is 0. The molecule has 0 bridgehead atoms. The lowest BCUT2D eigenvalue weighted by atomic mass is 10.1. The van der Waals surface area contributed by atoms with E-state index in [9.17, 15) is 8.78 Å². The van der Waals surface area contributed by atoms with Crippen molar-refractivity contribution >= 4 is 22.3 Å². The third-order valence-electron chi connectivity index (χ3n) is 2.82. The van der Waals surface area contributed by atoms with E-state index in [1.807, 2.05) is 31.1 Å². The van der Waals surface area contributed by atoms with Crippen molar-refractivity contribution in [2.45, 2.75) is 6.43 Å². The molecule has 0 spiro atoms. The predicted molar refractivity (Wildman–Crippen MR) is 70.6 cm³/mol. The molecule has 0 amide bonds. The molecule has 1 aromatic carbocycles. The van der Waals surface area contributed by atoms with Crippen molar-refractivity contribution in [3.05, 3.63) is 30.0 Å². The summed E-state index contributed by atoms with van der Waals surface area (Å²) in [4.78, 5) is 5.93. The zero-order chi connectivity index (χ0) is 13.3. The van der Waals surface area contributed by atoms with Crippen LogP contribution in [0.15, 0.2) is 24.3 Å². The number of nitrogens with zero attached hydrogens (tertiary/aromatic N) is 2. The van der Waals surface area contributed by atoms with Crippen LogP contribution in [0.4, 0.5) is 20.2 Å². The number of pyridine rings is 1. The summed E-state index contributed by atoms with van der Waals surface area (Å²) in [6.07, 6.45) is -2.56. The van der Waals surface area contributed by atoms with Crippen molar-refractivity contribution in [3.8, 4) is 0 Å². The molecule has 0 atom stereocenters. The molecular formula is C13H15F2N3. The van der Waals surface area contributed by atoms with Crippen molar-refractivity contribution in [2.75, 3.05) is 31.4 Å². The number of fused-ring (bicyclic) bond motifs is 1. The van der Waals surface area contributed by atoms with Crippen molar-refractivity contribution in [1.29, 1.82) is 0 Å². The number of hydrogen-bond donors (Lipinski definition) is 1. The first kappa shape index (κ1) is 12.5. The monoisotopic (exact) mass is 251 g/mol. The largest absolute Gasteiger partial charge is 0.388 e. The zero-order valence-electron chi connectivity index (χ0n) is 10.5. The van der Waals surface area contributed by atoms with E-state index in [0.717, 1.165) is 11.1 Å². The molecule has 0 aliphatic rings. The highest BCUT2D eigenvalue weighted by molar-refractivity contribution is 5.93. The van der Waals surface area contributed by atoms with Crippen molar-refractivity contribution in [2.24, 2.45) is 0 Å². The molecule has 0 saturated carbocycles. The number of benzene rings is 1. The van der Waals surface area contributed by atoms with Crippen molar-refractivity contribution in [1.82, 2.24) is 4.98 Å². The minimum atomic E-state index is -2.56. The molecule has 1 aromatic heterocycles. The summed E-state index contributed by atoms with van der Waals surface area (Å²) in [6, 6.07) is 6.96. The zero-order valence-corrected chi connectivity index (χ0v) is 10.5. The maximum atomic E-state index is 12.7. The van der Waals surface area contributed by atoms with Crippen LogP contribution >= 0.6 is 0 Å². The first-order chi connectivity index (χ1) is 8.52. The topological polar surface area (TPSA) is 28.2 Å². The van der Waals surface area contributed by atoms with Gasteiger partial charge in [0.1, 0.15) is 5.69 Å². The summed E-state index contributed by atoms with van der Waals surface area (Å²) in [7, 11) is 5.58. The maximum absolute atomic E-state index is 12.7. The Morgan fingerprint density at radius 2 is 1.94 bits per heavy atom. The van der Waals surface area contributed by atoms with E-state index in [2.05, 4.69) is 10.3 Å². The lowest BCUT2D eigenvalue weighted by molar-refractivity contribution is 0.146. The van der Waals surface area contributed by atoms with Crippen molar-refractivity contribution < 1.29 is 8.78 Å². The maximum Gasteiger partial charge on any atom is 0.280 e. The summed E-state index contributed by atoms with van der Waals surface area (Å²) in [5.41, 5.74) is 2.04. The molecule has 1 N–H and O–H groups in total. The Kier molecular flexibility index (Phi) is 3.32. The Labute approximate surface area is 104 Å². The Morgan fingerprint density at radius 3 is 2.50 bits per heavy atom. The number of rotatable bonds is 3. The minimum Gasteiger partial charge on any atom is -0.388 e. The summed E-state index contributed by atoms with van der Waals surface area (Å²) in [5, 5.41) is 3.78. The van der Waals surface area contributed by atoms with Crippen molar-refractivity contribution in [3.63, 3.8) is 0 Å². The summed E-state index contributed by atoms with van der Waals surface area (Å²) >= 11 is 0. The number of aromatic nitrogens is 1. The Balaban J connectivity index is 2.67. The molecular weight excluding hydrogens is 236 g/mol. The van der Waals surface area contributed by atoms with Gasteiger partial charge in [0.15, 0.2) is 0 Å². The fraction of sp³-hybridized carbons (Fsp3) is 0.308. The second kappa shape index (κ2) is 4.76. The molecule has 2 rings (SSSR count). The van der Waals surface area contributed by atoms with Gasteiger partial charge in [-0.25, -0.2) is 13.8 Å². The number of hydrogen-bond acceptors (Lipinski definition) is 3. The minimum absolute atomic E-state index is 0.204. The molecule has 0 unspecified atom stereocenters. The summed E-state index contributed by atoms with van der Waals surface area (Å²) in [6.45, 7) is 0. The fourth-order valence-electron chi connectivity index (χ4n) is 1.83. The Bertz CT molecular complexity index is 567. The molecule has 96 valence electrons. The van der Waals surface area contributed by atoms with Crippen LogP contribution in [0.25, 0.3) is 10.9 Å². The Morgan fingerprint density at radius 1 is 1.22 bits per heavy atom. The van der Waals surface area contributed by atoms with E-state index in [1.54, 1.807) is 13.1 Å². The van der Waals surface area contributed by atoms with E-state index in [4.69, 9.17) is 0 Å². The first-order valence-corrected chi connectivity index (χ1v) is 5.61. The van der Waals surface area contributed by atoms with Gasteiger partial charge >= 0.3 is 0 Å². The van der Waals surface area contributed by atoms with Crippen LogP contribution in [-0.4, -0.2) is 26.1 Å².